The average molecular weight is 284 g/mol. The molecule has 0 atom stereocenters. The normalized spacial score (nSPS) is 11.0. The summed E-state index contributed by atoms with van der Waals surface area (Å²) >= 11 is 0. The Balaban J connectivity index is 2.25. The molecule has 2 aromatic heterocycles. The zero-order chi connectivity index (χ0) is 15.0. The van der Waals surface area contributed by atoms with Gasteiger partial charge in [-0.05, 0) is 42.8 Å². The molecule has 106 valence electrons. The smallest absolute Gasteiger partial charge is 0.309 e. The highest BCUT2D eigenvalue weighted by molar-refractivity contribution is 5.76. The molecular formula is C16H13FN2O2. The number of carboxylic acids is 1. The summed E-state index contributed by atoms with van der Waals surface area (Å²) in [4.78, 5) is 15.6. The summed E-state index contributed by atoms with van der Waals surface area (Å²) in [5.41, 5.74) is 3.55. The second-order valence-electron chi connectivity index (χ2n) is 4.92. The maximum Gasteiger partial charge on any atom is 0.309 e. The van der Waals surface area contributed by atoms with Crippen LogP contribution in [0.5, 0.6) is 0 Å². The fourth-order valence-electron chi connectivity index (χ4n) is 2.35. The first-order valence-electron chi connectivity index (χ1n) is 6.50. The van der Waals surface area contributed by atoms with E-state index in [4.69, 9.17) is 5.11 Å². The molecule has 0 aliphatic carbocycles. The van der Waals surface area contributed by atoms with E-state index in [2.05, 4.69) is 4.98 Å². The first kappa shape index (κ1) is 13.3. The molecule has 21 heavy (non-hydrogen) atoms. The lowest BCUT2D eigenvalue weighted by molar-refractivity contribution is -0.136. The minimum absolute atomic E-state index is 0.142. The molecule has 0 saturated carbocycles. The van der Waals surface area contributed by atoms with Crippen LogP contribution >= 0.6 is 0 Å². The molecule has 1 aromatic carbocycles. The van der Waals surface area contributed by atoms with E-state index in [9.17, 15) is 9.18 Å². The molecule has 0 saturated heterocycles. The maximum absolute atomic E-state index is 13.1. The van der Waals surface area contributed by atoms with Crippen LogP contribution in [0.15, 0.2) is 42.6 Å². The Hall–Kier alpha value is -2.69. The number of benzene rings is 1. The van der Waals surface area contributed by atoms with Gasteiger partial charge in [0.1, 0.15) is 11.5 Å². The van der Waals surface area contributed by atoms with Gasteiger partial charge in [0.15, 0.2) is 0 Å². The van der Waals surface area contributed by atoms with Gasteiger partial charge in [0.2, 0.25) is 0 Å². The van der Waals surface area contributed by atoms with Crippen molar-refractivity contribution in [2.45, 2.75) is 13.3 Å². The molecule has 0 aliphatic heterocycles. The zero-order valence-electron chi connectivity index (χ0n) is 11.4. The van der Waals surface area contributed by atoms with Crippen molar-refractivity contribution in [2.75, 3.05) is 0 Å². The molecule has 2 heterocycles. The lowest BCUT2D eigenvalue weighted by Gasteiger charge is -2.03. The maximum atomic E-state index is 13.1. The summed E-state index contributed by atoms with van der Waals surface area (Å²) < 4.78 is 14.8. The van der Waals surface area contributed by atoms with Crippen molar-refractivity contribution in [3.63, 3.8) is 0 Å². The van der Waals surface area contributed by atoms with Gasteiger partial charge in [-0.2, -0.15) is 0 Å². The molecule has 1 N–H and O–H groups in total. The van der Waals surface area contributed by atoms with E-state index >= 15 is 0 Å². The minimum atomic E-state index is -0.929. The third kappa shape index (κ3) is 2.50. The van der Waals surface area contributed by atoms with Crippen molar-refractivity contribution in [2.24, 2.45) is 0 Å². The monoisotopic (exact) mass is 284 g/mol. The zero-order valence-corrected chi connectivity index (χ0v) is 11.4. The molecule has 5 heteroatoms. The van der Waals surface area contributed by atoms with E-state index in [0.717, 1.165) is 5.56 Å². The van der Waals surface area contributed by atoms with Crippen molar-refractivity contribution in [1.82, 2.24) is 9.38 Å². The number of aryl methyl sites for hydroxylation is 1. The predicted molar refractivity (Wildman–Crippen MR) is 76.7 cm³/mol. The van der Waals surface area contributed by atoms with Gasteiger partial charge in [-0.15, -0.1) is 0 Å². The Bertz CT molecular complexity index is 822. The number of hydrogen-bond donors (Lipinski definition) is 1. The van der Waals surface area contributed by atoms with E-state index in [1.165, 1.54) is 12.1 Å². The van der Waals surface area contributed by atoms with E-state index < -0.39 is 5.97 Å². The van der Waals surface area contributed by atoms with Crippen LogP contribution in [0.25, 0.3) is 16.9 Å². The molecule has 0 unspecified atom stereocenters. The minimum Gasteiger partial charge on any atom is -0.481 e. The lowest BCUT2D eigenvalue weighted by Crippen LogP contribution is -2.05. The summed E-state index contributed by atoms with van der Waals surface area (Å²) in [5.74, 6) is -1.26. The van der Waals surface area contributed by atoms with Crippen LogP contribution in [0.3, 0.4) is 0 Å². The number of halogens is 1. The summed E-state index contributed by atoms with van der Waals surface area (Å²) in [7, 11) is 0. The molecular weight excluding hydrogens is 271 g/mol. The van der Waals surface area contributed by atoms with Crippen molar-refractivity contribution in [3.05, 3.63) is 59.7 Å². The number of hydrogen-bond acceptors (Lipinski definition) is 2. The largest absolute Gasteiger partial charge is 0.481 e. The Kier molecular flexibility index (Phi) is 3.17. The SMILES string of the molecule is Cc1ccc2nc(-c3ccc(F)cc3)c(CC(=O)O)n2c1. The fraction of sp³-hybridized carbons (Fsp3) is 0.125. The van der Waals surface area contributed by atoms with Crippen molar-refractivity contribution in [1.29, 1.82) is 0 Å². The highest BCUT2D eigenvalue weighted by Crippen LogP contribution is 2.25. The highest BCUT2D eigenvalue weighted by Gasteiger charge is 2.16. The number of carboxylic acid groups (broad SMARTS) is 1. The van der Waals surface area contributed by atoms with E-state index in [1.807, 2.05) is 25.3 Å². The van der Waals surface area contributed by atoms with Crippen LogP contribution in [0.1, 0.15) is 11.3 Å². The van der Waals surface area contributed by atoms with Crippen LogP contribution in [-0.2, 0) is 11.2 Å². The van der Waals surface area contributed by atoms with Gasteiger partial charge in [-0.1, -0.05) is 6.07 Å². The number of rotatable bonds is 3. The second-order valence-corrected chi connectivity index (χ2v) is 4.92. The van der Waals surface area contributed by atoms with Gasteiger partial charge in [0.25, 0.3) is 0 Å². The standard InChI is InChI=1S/C16H13FN2O2/c1-10-2-7-14-18-16(11-3-5-12(17)6-4-11)13(8-15(20)21)19(14)9-10/h2-7,9H,8H2,1H3,(H,20,21). The fourth-order valence-corrected chi connectivity index (χ4v) is 2.35. The van der Waals surface area contributed by atoms with Crippen molar-refractivity contribution in [3.8, 4) is 11.3 Å². The van der Waals surface area contributed by atoms with E-state index in [1.54, 1.807) is 16.5 Å². The number of imidazole rings is 1. The van der Waals surface area contributed by atoms with Gasteiger partial charge in [-0.3, -0.25) is 4.79 Å². The van der Waals surface area contributed by atoms with Crippen LogP contribution in [-0.4, -0.2) is 20.5 Å². The number of carbonyl (C=O) groups is 1. The molecule has 3 aromatic rings. The molecule has 0 aliphatic rings. The summed E-state index contributed by atoms with van der Waals surface area (Å²) in [6.07, 6.45) is 1.71. The number of aromatic nitrogens is 2. The van der Waals surface area contributed by atoms with Gasteiger partial charge >= 0.3 is 5.97 Å². The number of fused-ring (bicyclic) bond motifs is 1. The lowest BCUT2D eigenvalue weighted by atomic mass is 10.1. The molecule has 3 rings (SSSR count). The Morgan fingerprint density at radius 1 is 1.24 bits per heavy atom. The summed E-state index contributed by atoms with van der Waals surface area (Å²) in [5, 5.41) is 9.13. The topological polar surface area (TPSA) is 54.6 Å². The van der Waals surface area contributed by atoms with E-state index in [-0.39, 0.29) is 12.2 Å². The molecule has 0 spiro atoms. The number of aliphatic carboxylic acids is 1. The Morgan fingerprint density at radius 3 is 2.62 bits per heavy atom. The van der Waals surface area contributed by atoms with Crippen molar-refractivity contribution >= 4 is 11.6 Å². The van der Waals surface area contributed by atoms with E-state index in [0.29, 0.717) is 22.6 Å². The van der Waals surface area contributed by atoms with Crippen LogP contribution < -0.4 is 0 Å². The first-order chi connectivity index (χ1) is 10.0. The summed E-state index contributed by atoms with van der Waals surface area (Å²) in [6.45, 7) is 1.93. The molecule has 0 radical (unpaired) electrons. The summed E-state index contributed by atoms with van der Waals surface area (Å²) in [6, 6.07) is 9.66. The molecule has 0 fully saturated rings. The van der Waals surface area contributed by atoms with Crippen LogP contribution in [0.2, 0.25) is 0 Å². The highest BCUT2D eigenvalue weighted by atomic mass is 19.1. The van der Waals surface area contributed by atoms with Crippen molar-refractivity contribution < 1.29 is 14.3 Å². The first-order valence-corrected chi connectivity index (χ1v) is 6.50. The van der Waals surface area contributed by atoms with Crippen LogP contribution in [0, 0.1) is 12.7 Å². The average Bonchev–Trinajstić information content (AvgIpc) is 2.77. The molecule has 0 amide bonds. The number of nitrogens with zero attached hydrogens (tertiary/aromatic N) is 2. The quantitative estimate of drug-likeness (QED) is 0.804. The second kappa shape index (κ2) is 5.01. The number of pyridine rings is 1. The predicted octanol–water partition coefficient (Wildman–Crippen LogP) is 3.08. The van der Waals surface area contributed by atoms with Crippen LogP contribution in [0.4, 0.5) is 4.39 Å². The van der Waals surface area contributed by atoms with Gasteiger partial charge in [0.05, 0.1) is 17.8 Å². The molecule has 4 nitrogen and oxygen atoms in total. The van der Waals surface area contributed by atoms with Gasteiger partial charge < -0.3 is 9.51 Å². The van der Waals surface area contributed by atoms with Gasteiger partial charge in [0, 0.05) is 11.8 Å². The Labute approximate surface area is 120 Å². The van der Waals surface area contributed by atoms with Gasteiger partial charge in [-0.25, -0.2) is 9.37 Å². The third-order valence-electron chi connectivity index (χ3n) is 3.30. The third-order valence-corrected chi connectivity index (χ3v) is 3.30. The Morgan fingerprint density at radius 2 is 1.95 bits per heavy atom. The molecule has 0 bridgehead atoms.